The Morgan fingerprint density at radius 1 is 1.27 bits per heavy atom. The predicted octanol–water partition coefficient (Wildman–Crippen LogP) is 1.81. The van der Waals surface area contributed by atoms with Gasteiger partial charge in [-0.2, -0.15) is 0 Å². The lowest BCUT2D eigenvalue weighted by molar-refractivity contribution is -0.134. The summed E-state index contributed by atoms with van der Waals surface area (Å²) in [5.74, 6) is 0.228. The van der Waals surface area contributed by atoms with Gasteiger partial charge in [-0.05, 0) is 29.7 Å². The third kappa shape index (κ3) is 2.86. The highest BCUT2D eigenvalue weighted by Crippen LogP contribution is 2.32. The number of hydrogen-bond acceptors (Lipinski definition) is 6. The number of aromatic nitrogens is 1. The second-order valence-electron chi connectivity index (χ2n) is 6.99. The molecule has 0 radical (unpaired) electrons. The van der Waals surface area contributed by atoms with E-state index in [1.807, 2.05) is 32.9 Å². The quantitative estimate of drug-likeness (QED) is 0.592. The lowest BCUT2D eigenvalue weighted by Gasteiger charge is -2.25. The van der Waals surface area contributed by atoms with Crippen molar-refractivity contribution in [3.63, 3.8) is 0 Å². The minimum Gasteiger partial charge on any atom is -0.593 e. The minimum absolute atomic E-state index is 0.0198. The van der Waals surface area contributed by atoms with Gasteiger partial charge in [0.1, 0.15) is 0 Å². The molecule has 1 aromatic heterocycles. The van der Waals surface area contributed by atoms with E-state index in [4.69, 9.17) is 4.74 Å². The van der Waals surface area contributed by atoms with Crippen LogP contribution in [0.25, 0.3) is 10.2 Å². The number of thiazole rings is 1. The first-order valence-corrected chi connectivity index (χ1v) is 10.7. The highest BCUT2D eigenvalue weighted by Gasteiger charge is 2.39. The number of fused-ring (bicyclic) bond motifs is 1. The Hall–Kier alpha value is -1.45. The summed E-state index contributed by atoms with van der Waals surface area (Å²) in [7, 11) is 0. The Morgan fingerprint density at radius 3 is 2.81 bits per heavy atom. The molecule has 26 heavy (non-hydrogen) atoms. The van der Waals surface area contributed by atoms with E-state index in [2.05, 4.69) is 4.98 Å². The molecule has 1 aromatic carbocycles. The Balaban J connectivity index is 1.24. The molecule has 2 aromatic rings. The summed E-state index contributed by atoms with van der Waals surface area (Å²) >= 11 is 0.380. The Labute approximate surface area is 158 Å². The number of amides is 1. The van der Waals surface area contributed by atoms with Crippen LogP contribution in [-0.4, -0.2) is 64.0 Å². The average molecular weight is 390 g/mol. The van der Waals surface area contributed by atoms with Crippen LogP contribution in [0, 0.1) is 5.92 Å². The molecule has 2 unspecified atom stereocenters. The summed E-state index contributed by atoms with van der Waals surface area (Å²) < 4.78 is 21.4. The van der Waals surface area contributed by atoms with Crippen LogP contribution in [0.15, 0.2) is 39.8 Å². The van der Waals surface area contributed by atoms with E-state index in [1.165, 1.54) is 11.1 Å². The number of carbonyl (C=O) groups excluding carboxylic acids is 1. The van der Waals surface area contributed by atoms with Crippen molar-refractivity contribution in [2.45, 2.75) is 11.3 Å². The van der Waals surface area contributed by atoms with Crippen molar-refractivity contribution in [2.75, 3.05) is 39.4 Å². The molecule has 0 aliphatic carbocycles. The van der Waals surface area contributed by atoms with Crippen LogP contribution in [-0.2, 0) is 20.9 Å². The maximum atomic E-state index is 13.0. The second kappa shape index (κ2) is 6.61. The molecule has 4 heterocycles. The van der Waals surface area contributed by atoms with Gasteiger partial charge in [-0.3, -0.25) is 4.79 Å². The molecule has 0 spiro atoms. The molecule has 8 heteroatoms. The van der Waals surface area contributed by atoms with Gasteiger partial charge >= 0.3 is 0 Å². The summed E-state index contributed by atoms with van der Waals surface area (Å²) in [6.45, 7) is 3.93. The van der Waals surface area contributed by atoms with E-state index in [1.54, 1.807) is 11.3 Å². The van der Waals surface area contributed by atoms with Crippen LogP contribution < -0.4 is 0 Å². The minimum atomic E-state index is -1.18. The van der Waals surface area contributed by atoms with E-state index in [0.29, 0.717) is 39.4 Å². The first-order chi connectivity index (χ1) is 12.7. The number of hydrogen-bond donors (Lipinski definition) is 0. The molecule has 5 rings (SSSR count). The largest absolute Gasteiger partial charge is 0.593 e. The molecule has 0 N–H and O–H groups in total. The molecular formula is C18H19N3O3S2. The van der Waals surface area contributed by atoms with Crippen molar-refractivity contribution in [1.29, 1.82) is 0 Å². The van der Waals surface area contributed by atoms with Gasteiger partial charge in [0.05, 0.1) is 52.7 Å². The van der Waals surface area contributed by atoms with Crippen LogP contribution >= 0.6 is 11.3 Å². The number of benzene rings is 1. The summed E-state index contributed by atoms with van der Waals surface area (Å²) in [4.78, 5) is 19.6. The van der Waals surface area contributed by atoms with E-state index >= 15 is 0 Å². The Morgan fingerprint density at radius 2 is 2.08 bits per heavy atom. The van der Waals surface area contributed by atoms with Crippen molar-refractivity contribution in [3.05, 3.63) is 34.9 Å². The fourth-order valence-electron chi connectivity index (χ4n) is 3.90. The van der Waals surface area contributed by atoms with Gasteiger partial charge in [-0.25, -0.2) is 4.98 Å². The maximum Gasteiger partial charge on any atom is 0.228 e. The number of rotatable bonds is 3. The number of ether oxygens (including phenoxy) is 1. The lowest BCUT2D eigenvalue weighted by Crippen LogP contribution is -2.39. The normalized spacial score (nSPS) is 24.7. The molecule has 6 nitrogen and oxygen atoms in total. The number of nitrogens with zero attached hydrogens (tertiary/aromatic N) is 3. The molecule has 0 saturated carbocycles. The van der Waals surface area contributed by atoms with Gasteiger partial charge in [0.2, 0.25) is 5.91 Å². The van der Waals surface area contributed by atoms with Crippen molar-refractivity contribution in [1.82, 2.24) is 14.2 Å². The van der Waals surface area contributed by atoms with Gasteiger partial charge in [-0.15, -0.1) is 15.6 Å². The smallest absolute Gasteiger partial charge is 0.228 e. The zero-order chi connectivity index (χ0) is 17.7. The summed E-state index contributed by atoms with van der Waals surface area (Å²) in [5, 5.41) is 0. The van der Waals surface area contributed by atoms with Crippen molar-refractivity contribution >= 4 is 38.8 Å². The molecule has 1 fully saturated rings. The fraction of sp³-hybridized carbons (Fsp3) is 0.444. The highest BCUT2D eigenvalue weighted by atomic mass is 32.2. The third-order valence-corrected chi connectivity index (χ3v) is 7.50. The molecule has 1 saturated heterocycles. The topological polar surface area (TPSA) is 68.7 Å². The maximum absolute atomic E-state index is 13.0. The van der Waals surface area contributed by atoms with Gasteiger partial charge in [-0.1, -0.05) is 0 Å². The van der Waals surface area contributed by atoms with Gasteiger partial charge in [0, 0.05) is 25.8 Å². The summed E-state index contributed by atoms with van der Waals surface area (Å²) in [6.07, 6.45) is 0.830. The van der Waals surface area contributed by atoms with E-state index in [9.17, 15) is 9.35 Å². The standard InChI is InChI=1S/C18H19N3O3S2/c22-18(12-3-4-24-10-12)20-6-13-8-21(9-14(13)7-20)26(23)15-1-2-16-17(5-15)25-11-19-16/h1-2,5,11-12H,3-4,6-10H2. The van der Waals surface area contributed by atoms with Crippen LogP contribution in [0.2, 0.25) is 0 Å². The molecule has 0 bridgehead atoms. The Bertz CT molecular complexity index is 873. The van der Waals surface area contributed by atoms with Crippen molar-refractivity contribution in [3.8, 4) is 0 Å². The zero-order valence-corrected chi connectivity index (χ0v) is 15.9. The van der Waals surface area contributed by atoms with E-state index in [-0.39, 0.29) is 11.8 Å². The highest BCUT2D eigenvalue weighted by molar-refractivity contribution is 7.89. The van der Waals surface area contributed by atoms with Crippen LogP contribution in [0.4, 0.5) is 0 Å². The van der Waals surface area contributed by atoms with Gasteiger partial charge < -0.3 is 14.2 Å². The first-order valence-electron chi connectivity index (χ1n) is 8.75. The SMILES string of the molecule is O=C(C1CCOC1)N1CC2=C(C1)CN([S+]([O-])c1ccc3ncsc3c1)C2. The van der Waals surface area contributed by atoms with Crippen LogP contribution in [0.5, 0.6) is 0 Å². The fourth-order valence-corrected chi connectivity index (χ4v) is 5.94. The van der Waals surface area contributed by atoms with Crippen molar-refractivity contribution < 1.29 is 14.1 Å². The lowest BCUT2D eigenvalue weighted by atomic mass is 10.1. The predicted molar refractivity (Wildman–Crippen MR) is 100 cm³/mol. The summed E-state index contributed by atoms with van der Waals surface area (Å²) in [6, 6.07) is 5.81. The van der Waals surface area contributed by atoms with Gasteiger partial charge in [0.15, 0.2) is 4.90 Å². The van der Waals surface area contributed by atoms with Crippen molar-refractivity contribution in [2.24, 2.45) is 5.92 Å². The Kier molecular flexibility index (Phi) is 4.25. The van der Waals surface area contributed by atoms with Crippen LogP contribution in [0.3, 0.4) is 0 Å². The average Bonchev–Trinajstić information content (AvgIpc) is 3.43. The summed E-state index contributed by atoms with van der Waals surface area (Å²) in [5.41, 5.74) is 5.27. The molecule has 3 aliphatic rings. The molecule has 2 atom stereocenters. The third-order valence-electron chi connectivity index (χ3n) is 5.33. The molecule has 3 aliphatic heterocycles. The molecule has 1 amide bonds. The monoisotopic (exact) mass is 389 g/mol. The second-order valence-corrected chi connectivity index (χ2v) is 9.36. The zero-order valence-electron chi connectivity index (χ0n) is 14.2. The van der Waals surface area contributed by atoms with E-state index < -0.39 is 11.4 Å². The van der Waals surface area contributed by atoms with E-state index in [0.717, 1.165) is 21.5 Å². The molecular weight excluding hydrogens is 370 g/mol. The van der Waals surface area contributed by atoms with Gasteiger partial charge in [0.25, 0.3) is 0 Å². The first kappa shape index (κ1) is 16.7. The molecule has 136 valence electrons. The number of carbonyl (C=O) groups is 1. The van der Waals surface area contributed by atoms with Crippen LogP contribution in [0.1, 0.15) is 6.42 Å².